The zero-order valence-electron chi connectivity index (χ0n) is 16.0. The maximum absolute atomic E-state index is 12.6. The Morgan fingerprint density at radius 1 is 1.25 bits per heavy atom. The molecule has 4 rings (SSSR count). The predicted molar refractivity (Wildman–Crippen MR) is 115 cm³/mol. The Labute approximate surface area is 167 Å². The first-order valence-electron chi connectivity index (χ1n) is 9.22. The molecule has 1 aliphatic rings. The van der Waals surface area contributed by atoms with Gasteiger partial charge in [-0.25, -0.2) is 8.42 Å². The van der Waals surface area contributed by atoms with Gasteiger partial charge >= 0.3 is 0 Å². The molecule has 0 saturated heterocycles. The Kier molecular flexibility index (Phi) is 5.64. The fraction of sp³-hybridized carbons (Fsp3) is 0.409. The van der Waals surface area contributed by atoms with E-state index in [2.05, 4.69) is 46.6 Å². The number of likely N-dealkylation sites (N-methyl/N-ethyl adjacent to an activating group) is 1. The molecule has 6 heteroatoms. The molecule has 0 radical (unpaired) electrons. The van der Waals surface area contributed by atoms with E-state index < -0.39 is 15.1 Å². The number of hydrogen-bond donors (Lipinski definition) is 0. The molecule has 5 nitrogen and oxygen atoms in total. The molecule has 150 valence electrons. The number of aromatic nitrogens is 2. The fourth-order valence-corrected chi connectivity index (χ4v) is 5.18. The lowest BCUT2D eigenvalue weighted by Crippen LogP contribution is -2.28. The second-order valence-corrected chi connectivity index (χ2v) is 9.88. The molecule has 1 aromatic carbocycles. The molecule has 1 aliphatic heterocycles. The van der Waals surface area contributed by atoms with Crippen molar-refractivity contribution in [1.82, 2.24) is 14.5 Å². The van der Waals surface area contributed by atoms with Crippen molar-refractivity contribution in [2.45, 2.75) is 39.1 Å². The summed E-state index contributed by atoms with van der Waals surface area (Å²) in [5.41, 5.74) is 5.70. The van der Waals surface area contributed by atoms with Crippen LogP contribution in [0.3, 0.4) is 0 Å². The number of fused-ring (bicyclic) bond motifs is 3. The molecule has 0 aliphatic carbocycles. The Morgan fingerprint density at radius 2 is 2.04 bits per heavy atom. The molecule has 0 N–H and O–H groups in total. The maximum Gasteiger partial charge on any atom is 0.156 e. The number of hydrogen-bond acceptors (Lipinski definition) is 4. The molecular formula is C22H29N3O2S. The fourth-order valence-electron chi connectivity index (χ4n) is 4.13. The Balaban J connectivity index is 0.00000225. The Bertz CT molecular complexity index is 1090. The van der Waals surface area contributed by atoms with Crippen LogP contribution in [0, 0.1) is 6.92 Å². The first kappa shape index (κ1) is 20.6. The van der Waals surface area contributed by atoms with Crippen molar-refractivity contribution in [3.8, 4) is 0 Å². The van der Waals surface area contributed by atoms with Crippen molar-refractivity contribution in [2.24, 2.45) is 0 Å². The van der Waals surface area contributed by atoms with E-state index in [9.17, 15) is 8.42 Å². The largest absolute Gasteiger partial charge is 0.343 e. The average molecular weight is 400 g/mol. The van der Waals surface area contributed by atoms with Crippen LogP contribution in [0.25, 0.3) is 10.9 Å². The second-order valence-electron chi connectivity index (χ2n) is 7.65. The van der Waals surface area contributed by atoms with Gasteiger partial charge in [-0.2, -0.15) is 0 Å². The van der Waals surface area contributed by atoms with E-state index in [1.807, 2.05) is 6.07 Å². The highest BCUT2D eigenvalue weighted by Crippen LogP contribution is 2.34. The molecule has 1 unspecified atom stereocenters. The molecule has 3 heterocycles. The summed E-state index contributed by atoms with van der Waals surface area (Å²) < 4.78 is 27.5. The van der Waals surface area contributed by atoms with Crippen molar-refractivity contribution < 1.29 is 8.42 Å². The van der Waals surface area contributed by atoms with Gasteiger partial charge in [0.15, 0.2) is 9.84 Å². The lowest BCUT2D eigenvalue weighted by atomic mass is 10.0. The van der Waals surface area contributed by atoms with E-state index in [4.69, 9.17) is 0 Å². The number of nitrogens with zero attached hydrogens (tertiary/aromatic N) is 3. The Hall–Kier alpha value is -2.18. The summed E-state index contributed by atoms with van der Waals surface area (Å²) >= 11 is 0. The van der Waals surface area contributed by atoms with Gasteiger partial charge < -0.3 is 9.47 Å². The predicted octanol–water partition coefficient (Wildman–Crippen LogP) is 3.75. The van der Waals surface area contributed by atoms with Gasteiger partial charge in [-0.3, -0.25) is 4.98 Å². The number of benzene rings is 1. The van der Waals surface area contributed by atoms with Gasteiger partial charge in [-0.1, -0.05) is 25.1 Å². The third-order valence-corrected chi connectivity index (χ3v) is 6.98. The molecular weight excluding hydrogens is 370 g/mol. The summed E-state index contributed by atoms with van der Waals surface area (Å²) in [6.45, 7) is 4.41. The number of pyridine rings is 1. The average Bonchev–Trinajstić information content (AvgIpc) is 2.91. The minimum absolute atomic E-state index is 0. The quantitative estimate of drug-likeness (QED) is 0.670. The highest BCUT2D eigenvalue weighted by Gasteiger charge is 2.28. The number of rotatable bonds is 4. The summed E-state index contributed by atoms with van der Waals surface area (Å²) in [6.07, 6.45) is 5.60. The Morgan fingerprint density at radius 3 is 2.71 bits per heavy atom. The lowest BCUT2D eigenvalue weighted by molar-refractivity contribution is 0.309. The summed E-state index contributed by atoms with van der Waals surface area (Å²) in [5.74, 6) is 0. The smallest absolute Gasteiger partial charge is 0.156 e. The van der Waals surface area contributed by atoms with E-state index in [-0.39, 0.29) is 7.43 Å². The summed E-state index contributed by atoms with van der Waals surface area (Å²) in [5, 5.41) is 0.641. The van der Waals surface area contributed by atoms with E-state index >= 15 is 0 Å². The number of sulfone groups is 1. The molecule has 0 saturated carbocycles. The zero-order valence-corrected chi connectivity index (χ0v) is 16.8. The third-order valence-electron chi connectivity index (χ3n) is 5.52. The van der Waals surface area contributed by atoms with Crippen molar-refractivity contribution in [3.63, 3.8) is 0 Å². The monoisotopic (exact) mass is 399 g/mol. The van der Waals surface area contributed by atoms with Crippen molar-refractivity contribution in [2.75, 3.05) is 19.8 Å². The summed E-state index contributed by atoms with van der Waals surface area (Å²) in [4.78, 5) is 6.46. The van der Waals surface area contributed by atoms with Crippen LogP contribution in [0.2, 0.25) is 0 Å². The van der Waals surface area contributed by atoms with Crippen LogP contribution >= 0.6 is 0 Å². The molecule has 1 atom stereocenters. The highest BCUT2D eigenvalue weighted by atomic mass is 32.2. The van der Waals surface area contributed by atoms with Gasteiger partial charge in [0.25, 0.3) is 0 Å². The standard InChI is InChI=1S/C21H25N3O2S.CH4/c1-15-6-7-19-17(11-15)18-13-23(2)10-8-20(18)24(19)14-21(27(3,25)26)16-5-4-9-22-12-16;/h4-7,9,11-12,21H,8,10,13-14H2,1-3H3;1H4. The first-order chi connectivity index (χ1) is 12.8. The minimum Gasteiger partial charge on any atom is -0.343 e. The molecule has 0 fully saturated rings. The van der Waals surface area contributed by atoms with Gasteiger partial charge in [0.1, 0.15) is 5.25 Å². The summed E-state index contributed by atoms with van der Waals surface area (Å²) in [7, 11) is -1.14. The second kappa shape index (κ2) is 7.68. The minimum atomic E-state index is -3.28. The highest BCUT2D eigenvalue weighted by molar-refractivity contribution is 7.90. The lowest BCUT2D eigenvalue weighted by Gasteiger charge is -2.25. The van der Waals surface area contributed by atoms with Crippen LogP contribution in [0.4, 0.5) is 0 Å². The molecule has 0 bridgehead atoms. The summed E-state index contributed by atoms with van der Waals surface area (Å²) in [6, 6.07) is 10.1. The zero-order chi connectivity index (χ0) is 19.2. The van der Waals surface area contributed by atoms with Crippen LogP contribution < -0.4 is 0 Å². The van der Waals surface area contributed by atoms with Crippen molar-refractivity contribution in [3.05, 3.63) is 65.1 Å². The van der Waals surface area contributed by atoms with E-state index in [1.54, 1.807) is 18.5 Å². The van der Waals surface area contributed by atoms with Gasteiger partial charge in [0.05, 0.1) is 0 Å². The third kappa shape index (κ3) is 3.71. The van der Waals surface area contributed by atoms with Gasteiger partial charge in [0, 0.05) is 61.3 Å². The van der Waals surface area contributed by atoms with Gasteiger partial charge in [-0.15, -0.1) is 0 Å². The maximum atomic E-state index is 12.6. The molecule has 0 spiro atoms. The normalized spacial score (nSPS) is 15.8. The van der Waals surface area contributed by atoms with Crippen LogP contribution in [-0.2, 0) is 29.3 Å². The first-order valence-corrected chi connectivity index (χ1v) is 11.2. The van der Waals surface area contributed by atoms with Crippen LogP contribution in [0.1, 0.15) is 35.1 Å². The van der Waals surface area contributed by atoms with E-state index in [0.29, 0.717) is 6.54 Å². The SMILES string of the molecule is C.Cc1ccc2c(c1)c1c(n2CC(c2cccnc2)S(C)(=O)=O)CCN(C)C1. The van der Waals surface area contributed by atoms with E-state index in [1.165, 1.54) is 28.5 Å². The van der Waals surface area contributed by atoms with Crippen LogP contribution in [0.15, 0.2) is 42.7 Å². The van der Waals surface area contributed by atoms with Crippen LogP contribution in [0.5, 0.6) is 0 Å². The molecule has 28 heavy (non-hydrogen) atoms. The van der Waals surface area contributed by atoms with Crippen molar-refractivity contribution in [1.29, 1.82) is 0 Å². The van der Waals surface area contributed by atoms with Crippen LogP contribution in [-0.4, -0.2) is 42.7 Å². The molecule has 2 aromatic heterocycles. The number of aryl methyl sites for hydroxylation is 1. The van der Waals surface area contributed by atoms with Gasteiger partial charge in [-0.05, 0) is 43.3 Å². The topological polar surface area (TPSA) is 55.2 Å². The molecule has 0 amide bonds. The van der Waals surface area contributed by atoms with E-state index in [0.717, 1.165) is 30.6 Å². The van der Waals surface area contributed by atoms with Crippen molar-refractivity contribution >= 4 is 20.7 Å². The van der Waals surface area contributed by atoms with Gasteiger partial charge in [0.2, 0.25) is 0 Å². The molecule has 3 aromatic rings.